The quantitative estimate of drug-likeness (QED) is 0.751. The average Bonchev–Trinajstić information content (AvgIpc) is 2.65. The van der Waals surface area contributed by atoms with Crippen molar-refractivity contribution in [2.45, 2.75) is 57.9 Å². The lowest BCUT2D eigenvalue weighted by Crippen LogP contribution is -2.46. The lowest BCUT2D eigenvalue weighted by atomic mass is 9.73. The zero-order chi connectivity index (χ0) is 15.1. The highest BCUT2D eigenvalue weighted by atomic mass is 19.4. The molecule has 1 saturated carbocycles. The highest BCUT2D eigenvalue weighted by Crippen LogP contribution is 2.55. The Morgan fingerprint density at radius 3 is 2.75 bits per heavy atom. The van der Waals surface area contributed by atoms with E-state index in [0.717, 1.165) is 0 Å². The minimum absolute atomic E-state index is 0.00189. The second kappa shape index (κ2) is 4.93. The molecule has 2 rings (SSSR count). The number of carbonyl (C=O) groups excluding carboxylic acids is 2. The summed E-state index contributed by atoms with van der Waals surface area (Å²) in [6.07, 6.45) is -6.62. The SMILES string of the molecule is CCC(C)C(=O)OC1CCC2(C(F)(F)F)CC1OC2=O. The largest absolute Gasteiger partial charge is 0.458 e. The van der Waals surface area contributed by atoms with Gasteiger partial charge in [0.05, 0.1) is 5.92 Å². The number of carbonyl (C=O) groups is 2. The van der Waals surface area contributed by atoms with Gasteiger partial charge in [-0.3, -0.25) is 9.59 Å². The van der Waals surface area contributed by atoms with Crippen molar-refractivity contribution in [3.63, 3.8) is 0 Å². The van der Waals surface area contributed by atoms with Crippen molar-refractivity contribution in [2.24, 2.45) is 11.3 Å². The van der Waals surface area contributed by atoms with Crippen LogP contribution >= 0.6 is 0 Å². The molecule has 4 atom stereocenters. The lowest BCUT2D eigenvalue weighted by Gasteiger charge is -2.33. The van der Waals surface area contributed by atoms with Crippen LogP contribution in [0.1, 0.15) is 39.5 Å². The fourth-order valence-corrected chi connectivity index (χ4v) is 2.64. The van der Waals surface area contributed by atoms with Crippen molar-refractivity contribution >= 4 is 11.9 Å². The Bertz CT molecular complexity index is 420. The molecule has 7 heteroatoms. The van der Waals surface area contributed by atoms with Crippen LogP contribution in [0.4, 0.5) is 13.2 Å². The molecule has 20 heavy (non-hydrogen) atoms. The third-order valence-electron chi connectivity index (χ3n) is 4.29. The molecular weight excluding hydrogens is 277 g/mol. The molecule has 0 spiro atoms. The first-order valence-corrected chi connectivity index (χ1v) is 6.69. The molecule has 2 bridgehead atoms. The van der Waals surface area contributed by atoms with Gasteiger partial charge in [-0.05, 0) is 19.3 Å². The number of halogens is 3. The molecule has 1 heterocycles. The van der Waals surface area contributed by atoms with E-state index in [1.807, 2.05) is 6.92 Å². The molecule has 0 aromatic carbocycles. The van der Waals surface area contributed by atoms with Crippen molar-refractivity contribution in [1.29, 1.82) is 0 Å². The fourth-order valence-electron chi connectivity index (χ4n) is 2.64. The highest BCUT2D eigenvalue weighted by molar-refractivity contribution is 5.81. The van der Waals surface area contributed by atoms with Gasteiger partial charge < -0.3 is 9.47 Å². The first-order chi connectivity index (χ1) is 9.21. The maximum Gasteiger partial charge on any atom is 0.405 e. The lowest BCUT2D eigenvalue weighted by molar-refractivity contribution is -0.227. The molecule has 0 radical (unpaired) electrons. The van der Waals surface area contributed by atoms with Gasteiger partial charge in [-0.25, -0.2) is 0 Å². The van der Waals surface area contributed by atoms with Gasteiger partial charge in [-0.15, -0.1) is 0 Å². The molecule has 1 aliphatic heterocycles. The van der Waals surface area contributed by atoms with Crippen LogP contribution in [-0.2, 0) is 19.1 Å². The first-order valence-electron chi connectivity index (χ1n) is 6.69. The van der Waals surface area contributed by atoms with Gasteiger partial charge in [0.25, 0.3) is 0 Å². The van der Waals surface area contributed by atoms with E-state index in [-0.39, 0.29) is 18.8 Å². The summed E-state index contributed by atoms with van der Waals surface area (Å²) in [6.45, 7) is 3.50. The monoisotopic (exact) mass is 294 g/mol. The maximum atomic E-state index is 13.0. The van der Waals surface area contributed by atoms with Crippen LogP contribution in [0.5, 0.6) is 0 Å². The van der Waals surface area contributed by atoms with Gasteiger partial charge in [-0.1, -0.05) is 13.8 Å². The number of fused-ring (bicyclic) bond motifs is 2. The van der Waals surface area contributed by atoms with Crippen LogP contribution in [0.15, 0.2) is 0 Å². The van der Waals surface area contributed by atoms with E-state index in [2.05, 4.69) is 0 Å². The van der Waals surface area contributed by atoms with Gasteiger partial charge in [0.15, 0.2) is 5.41 Å². The number of esters is 2. The summed E-state index contributed by atoms with van der Waals surface area (Å²) in [7, 11) is 0. The van der Waals surface area contributed by atoms with Crippen LogP contribution in [0.3, 0.4) is 0 Å². The van der Waals surface area contributed by atoms with E-state index >= 15 is 0 Å². The molecule has 2 fully saturated rings. The summed E-state index contributed by atoms with van der Waals surface area (Å²) in [5.41, 5.74) is -2.41. The van der Waals surface area contributed by atoms with Crippen LogP contribution in [0.2, 0.25) is 0 Å². The highest BCUT2D eigenvalue weighted by Gasteiger charge is 2.69. The van der Waals surface area contributed by atoms with Crippen LogP contribution in [-0.4, -0.2) is 30.3 Å². The standard InChI is InChI=1S/C13H17F3O4/c1-3-7(2)10(17)19-8-4-5-12(13(14,15)16)6-9(8)20-11(12)18/h7-9H,3-6H2,1-2H3. The predicted octanol–water partition coefficient (Wildman–Crippen LogP) is 2.60. The molecule has 0 aromatic heterocycles. The van der Waals surface area contributed by atoms with E-state index in [1.165, 1.54) is 0 Å². The molecular formula is C13H17F3O4. The third-order valence-corrected chi connectivity index (χ3v) is 4.29. The van der Waals surface area contributed by atoms with E-state index in [4.69, 9.17) is 9.47 Å². The van der Waals surface area contributed by atoms with Gasteiger partial charge >= 0.3 is 18.1 Å². The smallest absolute Gasteiger partial charge is 0.405 e. The molecule has 0 aromatic rings. The normalized spacial score (nSPS) is 34.5. The second-order valence-electron chi connectivity index (χ2n) is 5.55. The van der Waals surface area contributed by atoms with Crippen LogP contribution in [0, 0.1) is 11.3 Å². The Kier molecular flexibility index (Phi) is 3.73. The van der Waals surface area contributed by atoms with Crippen LogP contribution in [0.25, 0.3) is 0 Å². The van der Waals surface area contributed by atoms with Crippen molar-refractivity contribution in [1.82, 2.24) is 0 Å². The van der Waals surface area contributed by atoms with Crippen molar-refractivity contribution in [2.75, 3.05) is 0 Å². The second-order valence-corrected chi connectivity index (χ2v) is 5.55. The van der Waals surface area contributed by atoms with Gasteiger partial charge in [0.2, 0.25) is 0 Å². The molecule has 2 aliphatic rings. The first kappa shape index (κ1) is 15.1. The Hall–Kier alpha value is -1.27. The van der Waals surface area contributed by atoms with Crippen molar-refractivity contribution < 1.29 is 32.2 Å². The Labute approximate surface area is 114 Å². The van der Waals surface area contributed by atoms with Gasteiger partial charge in [0, 0.05) is 6.42 Å². The maximum absolute atomic E-state index is 13.0. The molecule has 4 unspecified atom stereocenters. The molecule has 1 aliphatic carbocycles. The summed E-state index contributed by atoms with van der Waals surface area (Å²) in [6, 6.07) is 0. The third kappa shape index (κ3) is 2.27. The number of hydrogen-bond donors (Lipinski definition) is 0. The zero-order valence-corrected chi connectivity index (χ0v) is 11.3. The summed E-state index contributed by atoms with van der Waals surface area (Å²) in [5, 5.41) is 0. The number of hydrogen-bond acceptors (Lipinski definition) is 4. The Morgan fingerprint density at radius 2 is 2.20 bits per heavy atom. The van der Waals surface area contributed by atoms with E-state index in [0.29, 0.717) is 6.42 Å². The Morgan fingerprint density at radius 1 is 1.55 bits per heavy atom. The topological polar surface area (TPSA) is 52.6 Å². The average molecular weight is 294 g/mol. The molecule has 4 nitrogen and oxygen atoms in total. The molecule has 114 valence electrons. The summed E-state index contributed by atoms with van der Waals surface area (Å²) in [5.74, 6) is -2.02. The van der Waals surface area contributed by atoms with E-state index in [9.17, 15) is 22.8 Å². The molecule has 0 N–H and O–H groups in total. The van der Waals surface area contributed by atoms with Crippen molar-refractivity contribution in [3.05, 3.63) is 0 Å². The van der Waals surface area contributed by atoms with Gasteiger partial charge in [0.1, 0.15) is 12.2 Å². The summed E-state index contributed by atoms with van der Waals surface area (Å²) in [4.78, 5) is 23.3. The minimum Gasteiger partial charge on any atom is -0.458 e. The fraction of sp³-hybridized carbons (Fsp3) is 0.846. The van der Waals surface area contributed by atoms with E-state index in [1.54, 1.807) is 6.92 Å². The molecule has 0 amide bonds. The zero-order valence-electron chi connectivity index (χ0n) is 11.3. The predicted molar refractivity (Wildman–Crippen MR) is 61.6 cm³/mol. The minimum atomic E-state index is -4.62. The summed E-state index contributed by atoms with van der Waals surface area (Å²) < 4.78 is 49.1. The van der Waals surface area contributed by atoms with E-state index < -0.39 is 42.2 Å². The number of alkyl halides is 3. The summed E-state index contributed by atoms with van der Waals surface area (Å²) >= 11 is 0. The van der Waals surface area contributed by atoms with Gasteiger partial charge in [-0.2, -0.15) is 13.2 Å². The van der Waals surface area contributed by atoms with Crippen LogP contribution < -0.4 is 0 Å². The molecule has 1 saturated heterocycles. The number of ether oxygens (including phenoxy) is 2. The van der Waals surface area contributed by atoms with Crippen molar-refractivity contribution in [3.8, 4) is 0 Å². The number of rotatable bonds is 3. The Balaban J connectivity index is 2.08.